The molecule has 0 bridgehead atoms. The lowest BCUT2D eigenvalue weighted by Crippen LogP contribution is -2.53. The number of aryl methyl sites for hydroxylation is 1. The molecular weight excluding hydrogens is 1100 g/mol. The van der Waals surface area contributed by atoms with Gasteiger partial charge in [-0.2, -0.15) is 0 Å². The lowest BCUT2D eigenvalue weighted by atomic mass is 9.85. The van der Waals surface area contributed by atoms with Crippen molar-refractivity contribution in [3.8, 4) is 0 Å². The van der Waals surface area contributed by atoms with Crippen LogP contribution in [0.4, 0.5) is 22.0 Å². The highest BCUT2D eigenvalue weighted by Gasteiger charge is 2.44. The third-order valence-electron chi connectivity index (χ3n) is 15.7. The Kier molecular flexibility index (Phi) is 31.2. The van der Waals surface area contributed by atoms with E-state index >= 15 is 0 Å². The number of nitrogens with two attached hydrogens (primary N) is 2. The lowest BCUT2D eigenvalue weighted by Gasteiger charge is -2.36. The average Bonchev–Trinajstić information content (AvgIpc) is 4.36. The summed E-state index contributed by atoms with van der Waals surface area (Å²) in [5.74, 6) is -0.148. The molecule has 2 aliphatic heterocycles. The number of alkyl halides is 1. The van der Waals surface area contributed by atoms with E-state index in [9.17, 15) is 45.7 Å². The maximum atomic E-state index is 14.0. The molecule has 9 rings (SSSR count). The van der Waals surface area contributed by atoms with Crippen molar-refractivity contribution in [2.75, 3.05) is 20.8 Å². The van der Waals surface area contributed by atoms with Gasteiger partial charge in [0.15, 0.2) is 8.46 Å². The van der Waals surface area contributed by atoms with Crippen molar-refractivity contribution in [2.45, 2.75) is 166 Å². The minimum Gasteiger partial charge on any atom is -0.350 e. The predicted octanol–water partition coefficient (Wildman–Crippen LogP) is 12.2. The SMILES string of the molecule is C=O.CCC1CC1.CCN(C)C(=O)CC(N)Cc1ccccc1F.CF.NC(CC(=O)N1Cc2ccccc2C[C@H]1C(=O)NCc1ccccc1F)Cc1ccccc1F.O=PC1CC2CCCCC2N1C(=O)CCCCc1ccccc1F. The number of likely N-dealkylation sites (tertiary alicyclic amines) is 1. The first-order chi connectivity index (χ1) is 40.6. The van der Waals surface area contributed by atoms with E-state index in [1.54, 1.807) is 78.7 Å². The van der Waals surface area contributed by atoms with Gasteiger partial charge in [0.05, 0.1) is 7.18 Å². The molecule has 1 saturated heterocycles. The van der Waals surface area contributed by atoms with Crippen LogP contribution in [0.15, 0.2) is 121 Å². The van der Waals surface area contributed by atoms with E-state index < -0.39 is 17.9 Å². The van der Waals surface area contributed by atoms with Crippen LogP contribution in [-0.4, -0.2) is 95.8 Å². The molecule has 5 aromatic carbocycles. The zero-order valence-corrected chi connectivity index (χ0v) is 50.1. The molecule has 4 amide bonds. The monoisotopic (exact) mass is 1180 g/mol. The Hall–Kier alpha value is -6.68. The summed E-state index contributed by atoms with van der Waals surface area (Å²) in [6, 6.07) is 32.2. The second-order valence-electron chi connectivity index (χ2n) is 21.6. The fraction of sp³-hybridized carbons (Fsp3) is 0.470. The highest BCUT2D eigenvalue weighted by atomic mass is 31.1. The Balaban J connectivity index is 0.000000264. The van der Waals surface area contributed by atoms with E-state index in [1.807, 2.05) is 48.9 Å². The molecule has 6 atom stereocenters. The first-order valence-electron chi connectivity index (χ1n) is 29.2. The molecule has 12 nitrogen and oxygen atoms in total. The average molecular weight is 1190 g/mol. The maximum absolute atomic E-state index is 14.0. The Bertz CT molecular complexity index is 2830. The fourth-order valence-corrected chi connectivity index (χ4v) is 11.5. The van der Waals surface area contributed by atoms with Crippen LogP contribution >= 0.6 is 8.46 Å². The standard InChI is InChI=1S/C27H27F2N3O2.C19H25FNO2P.C13H19FN2O.C5H10.CH3F.CH2O/c28-23-11-5-3-8-19(23)13-22(30)15-26(33)32-17-21-10-2-1-7-18(21)14-25(32)27(34)31-16-20-9-4-6-12-24(20)29;20-16-10-4-1-7-14(16)8-3-6-12-18(22)21-17-11-5-2-9-15(17)13-19(21)24-23;1-3-16(2)13(17)9-11(15)8-10-6-4-5-7-12(10)14;1-2-5-3-4-5;2*1-2/h1-12,22,25H,13-17,30H2,(H,31,34);1,4,7,10,15,17,19H,2-3,5-6,8-9,11-13H2;4-7,11H,3,8-9,15H2,1-2H3;5H,2-4H2,1H3;1H3;1H2/t22?,25-;;;;;/m0...../s1. The fourth-order valence-electron chi connectivity index (χ4n) is 10.7. The number of nitrogens with zero attached hydrogens (tertiary/aromatic N) is 3. The number of rotatable bonds is 19. The van der Waals surface area contributed by atoms with Crippen molar-refractivity contribution in [3.63, 3.8) is 0 Å². The lowest BCUT2D eigenvalue weighted by molar-refractivity contribution is -0.142. The van der Waals surface area contributed by atoms with E-state index in [1.165, 1.54) is 61.3 Å². The Morgan fingerprint density at radius 2 is 1.17 bits per heavy atom. The molecular formula is C66H86F5N6O6P. The Morgan fingerprint density at radius 3 is 1.68 bits per heavy atom. The van der Waals surface area contributed by atoms with Crippen LogP contribution in [0, 0.1) is 35.1 Å². The summed E-state index contributed by atoms with van der Waals surface area (Å²) in [4.78, 5) is 63.7. The van der Waals surface area contributed by atoms with Gasteiger partial charge in [0.25, 0.3) is 0 Å². The van der Waals surface area contributed by atoms with E-state index in [2.05, 4.69) is 12.2 Å². The number of nitrogens with one attached hydrogen (secondary N) is 1. The van der Waals surface area contributed by atoms with Gasteiger partial charge in [0.1, 0.15) is 41.9 Å². The molecule has 5 N–H and O–H groups in total. The normalized spacial score (nSPS) is 18.0. The largest absolute Gasteiger partial charge is 0.350 e. The molecule has 84 heavy (non-hydrogen) atoms. The molecule has 5 unspecified atom stereocenters. The maximum Gasteiger partial charge on any atom is 0.243 e. The van der Waals surface area contributed by atoms with E-state index in [0.717, 1.165) is 54.7 Å². The summed E-state index contributed by atoms with van der Waals surface area (Å²) in [6.07, 6.45) is 13.8. The molecule has 2 aliphatic carbocycles. The molecule has 0 spiro atoms. The smallest absolute Gasteiger partial charge is 0.243 e. The predicted molar refractivity (Wildman–Crippen MR) is 321 cm³/mol. The first-order valence-corrected chi connectivity index (χ1v) is 30.1. The Morgan fingerprint density at radius 1 is 0.667 bits per heavy atom. The molecule has 0 aromatic heterocycles. The second kappa shape index (κ2) is 37.6. The van der Waals surface area contributed by atoms with Gasteiger partial charge in [-0.15, -0.1) is 0 Å². The van der Waals surface area contributed by atoms with Gasteiger partial charge in [-0.25, -0.2) is 17.6 Å². The molecule has 5 aromatic rings. The number of halogens is 5. The number of amides is 4. The van der Waals surface area contributed by atoms with Gasteiger partial charge in [-0.1, -0.05) is 136 Å². The summed E-state index contributed by atoms with van der Waals surface area (Å²) >= 11 is 0. The van der Waals surface area contributed by atoms with Crippen molar-refractivity contribution in [2.24, 2.45) is 23.3 Å². The molecule has 0 radical (unpaired) electrons. The molecule has 2 heterocycles. The second-order valence-corrected chi connectivity index (χ2v) is 22.4. The third kappa shape index (κ3) is 22.4. The number of benzene rings is 5. The summed E-state index contributed by atoms with van der Waals surface area (Å²) in [7, 11) is 2.31. The van der Waals surface area contributed by atoms with Gasteiger partial charge in [-0.3, -0.25) is 28.1 Å². The number of carbonyl (C=O) groups excluding carboxylic acids is 5. The third-order valence-corrected chi connectivity index (χ3v) is 16.4. The number of carbonyl (C=O) groups is 5. The number of unbranched alkanes of at least 4 members (excludes halogenated alkanes) is 1. The van der Waals surface area contributed by atoms with Crippen molar-refractivity contribution >= 4 is 38.9 Å². The molecule has 18 heteroatoms. The van der Waals surface area contributed by atoms with Crippen molar-refractivity contribution in [1.29, 1.82) is 0 Å². The summed E-state index contributed by atoms with van der Waals surface area (Å²) in [5.41, 5.74) is 16.1. The van der Waals surface area contributed by atoms with Gasteiger partial charge in [0, 0.05) is 76.1 Å². The summed E-state index contributed by atoms with van der Waals surface area (Å²) < 4.78 is 75.9. The molecule has 2 saturated carbocycles. The first kappa shape index (κ1) is 69.8. The van der Waals surface area contributed by atoms with Crippen LogP contribution in [-0.2, 0) is 67.3 Å². The van der Waals surface area contributed by atoms with Crippen LogP contribution < -0.4 is 16.8 Å². The van der Waals surface area contributed by atoms with Gasteiger partial charge < -0.3 is 36.3 Å². The van der Waals surface area contributed by atoms with E-state index in [4.69, 9.17) is 16.3 Å². The van der Waals surface area contributed by atoms with Crippen molar-refractivity contribution in [3.05, 3.63) is 178 Å². The quantitative estimate of drug-likeness (QED) is 0.0416. The zero-order chi connectivity index (χ0) is 61.6. The number of hydrogen-bond acceptors (Lipinski definition) is 8. The van der Waals surface area contributed by atoms with Crippen LogP contribution in [0.1, 0.15) is 131 Å². The van der Waals surface area contributed by atoms with Crippen LogP contribution in [0.2, 0.25) is 0 Å². The van der Waals surface area contributed by atoms with Crippen LogP contribution in [0.5, 0.6) is 0 Å². The highest BCUT2D eigenvalue weighted by molar-refractivity contribution is 7.24. The molecule has 3 fully saturated rings. The molecule has 4 aliphatic rings. The Labute approximate surface area is 495 Å². The highest BCUT2D eigenvalue weighted by Crippen LogP contribution is 2.43. The van der Waals surface area contributed by atoms with Crippen LogP contribution in [0.3, 0.4) is 0 Å². The topological polar surface area (TPSA) is 176 Å². The van der Waals surface area contributed by atoms with E-state index in [-0.39, 0.29) is 93.7 Å². The van der Waals surface area contributed by atoms with Gasteiger partial charge >= 0.3 is 0 Å². The zero-order valence-electron chi connectivity index (χ0n) is 49.2. The summed E-state index contributed by atoms with van der Waals surface area (Å²) in [6.45, 7) is 7.13. The van der Waals surface area contributed by atoms with Gasteiger partial charge in [-0.05, 0) is 122 Å². The van der Waals surface area contributed by atoms with Crippen molar-refractivity contribution < 1.29 is 50.5 Å². The number of fused-ring (bicyclic) bond motifs is 2. The van der Waals surface area contributed by atoms with Crippen LogP contribution in [0.25, 0.3) is 0 Å². The minimum absolute atomic E-state index is 0.00339. The summed E-state index contributed by atoms with van der Waals surface area (Å²) in [5, 5.41) is 2.77. The number of hydrogen-bond donors (Lipinski definition) is 3. The molecule has 456 valence electrons. The van der Waals surface area contributed by atoms with E-state index in [0.29, 0.717) is 68.1 Å². The van der Waals surface area contributed by atoms with Gasteiger partial charge in [0.2, 0.25) is 23.6 Å². The van der Waals surface area contributed by atoms with Crippen molar-refractivity contribution in [1.82, 2.24) is 20.0 Å². The minimum atomic E-state index is -0.741.